The van der Waals surface area contributed by atoms with Gasteiger partial charge in [0.1, 0.15) is 0 Å². The van der Waals surface area contributed by atoms with Crippen LogP contribution in [0.2, 0.25) is 0 Å². The summed E-state index contributed by atoms with van der Waals surface area (Å²) in [7, 11) is -3.68. The van der Waals surface area contributed by atoms with Gasteiger partial charge in [0.2, 0.25) is 5.91 Å². The van der Waals surface area contributed by atoms with E-state index in [1.54, 1.807) is 17.5 Å². The maximum Gasteiger partial charge on any atom is 0.263 e. The lowest BCUT2D eigenvalue weighted by Gasteiger charge is -2.12. The predicted octanol–water partition coefficient (Wildman–Crippen LogP) is 1.88. The van der Waals surface area contributed by atoms with E-state index in [0.717, 1.165) is 13.0 Å². The Bertz CT molecular complexity index is 804. The lowest BCUT2D eigenvalue weighted by molar-refractivity contribution is -0.117. The van der Waals surface area contributed by atoms with Gasteiger partial charge in [0.25, 0.3) is 10.0 Å². The number of thiazole rings is 1. The first-order valence-corrected chi connectivity index (χ1v) is 9.87. The van der Waals surface area contributed by atoms with Gasteiger partial charge in [0.05, 0.1) is 10.9 Å². The Labute approximate surface area is 144 Å². The van der Waals surface area contributed by atoms with Crippen LogP contribution in [0, 0.1) is 5.92 Å². The molecule has 1 saturated heterocycles. The summed E-state index contributed by atoms with van der Waals surface area (Å²) in [5, 5.41) is 7.97. The van der Waals surface area contributed by atoms with E-state index >= 15 is 0 Å². The summed E-state index contributed by atoms with van der Waals surface area (Å²) >= 11 is 1.20. The summed E-state index contributed by atoms with van der Waals surface area (Å²) in [4.78, 5) is 16.2. The molecule has 2 atom stereocenters. The summed E-state index contributed by atoms with van der Waals surface area (Å²) in [5.74, 6) is 0.376. The SMILES string of the molecule is CC1CNC(C(=O)Nc2ccc(S(=O)(=O)Nc3nccs3)cc2)C1. The van der Waals surface area contributed by atoms with Crippen molar-refractivity contribution in [3.8, 4) is 0 Å². The van der Waals surface area contributed by atoms with E-state index in [-0.39, 0.29) is 16.8 Å². The zero-order chi connectivity index (χ0) is 17.2. The fourth-order valence-corrected chi connectivity index (χ4v) is 4.30. The number of carbonyl (C=O) groups is 1. The maximum absolute atomic E-state index is 12.2. The molecule has 1 aromatic carbocycles. The van der Waals surface area contributed by atoms with Crippen LogP contribution in [-0.2, 0) is 14.8 Å². The number of nitrogens with zero attached hydrogens (tertiary/aromatic N) is 1. The number of benzene rings is 1. The summed E-state index contributed by atoms with van der Waals surface area (Å²) in [6, 6.07) is 5.86. The van der Waals surface area contributed by atoms with E-state index in [2.05, 4.69) is 27.3 Å². The van der Waals surface area contributed by atoms with Crippen molar-refractivity contribution in [2.75, 3.05) is 16.6 Å². The molecule has 7 nitrogen and oxygen atoms in total. The highest BCUT2D eigenvalue weighted by Crippen LogP contribution is 2.20. The number of rotatable bonds is 5. The molecule has 0 radical (unpaired) electrons. The fraction of sp³-hybridized carbons (Fsp3) is 0.333. The normalized spacial score (nSPS) is 20.7. The molecule has 2 heterocycles. The number of amides is 1. The van der Waals surface area contributed by atoms with Crippen molar-refractivity contribution < 1.29 is 13.2 Å². The van der Waals surface area contributed by atoms with Gasteiger partial charge in [-0.15, -0.1) is 11.3 Å². The molecular formula is C15H18N4O3S2. The number of anilines is 2. The smallest absolute Gasteiger partial charge is 0.263 e. The third kappa shape index (κ3) is 3.92. The van der Waals surface area contributed by atoms with E-state index in [1.807, 2.05) is 0 Å². The monoisotopic (exact) mass is 366 g/mol. The lowest BCUT2D eigenvalue weighted by atomic mass is 10.1. The van der Waals surface area contributed by atoms with Crippen LogP contribution in [0.15, 0.2) is 40.7 Å². The number of hydrogen-bond donors (Lipinski definition) is 3. The molecule has 0 aliphatic carbocycles. The van der Waals surface area contributed by atoms with Crippen LogP contribution in [0.5, 0.6) is 0 Å². The van der Waals surface area contributed by atoms with E-state index in [0.29, 0.717) is 16.7 Å². The second kappa shape index (κ2) is 6.88. The number of sulfonamides is 1. The van der Waals surface area contributed by atoms with Crippen LogP contribution < -0.4 is 15.4 Å². The molecule has 1 aliphatic rings. The average Bonchev–Trinajstić information content (AvgIpc) is 3.19. The van der Waals surface area contributed by atoms with Gasteiger partial charge in [-0.1, -0.05) is 6.92 Å². The van der Waals surface area contributed by atoms with Crippen LogP contribution in [0.25, 0.3) is 0 Å². The first-order valence-electron chi connectivity index (χ1n) is 7.51. The first-order chi connectivity index (χ1) is 11.4. The van der Waals surface area contributed by atoms with E-state index in [1.165, 1.54) is 29.7 Å². The summed E-state index contributed by atoms with van der Waals surface area (Å²) in [6.45, 7) is 2.92. The van der Waals surface area contributed by atoms with E-state index in [4.69, 9.17) is 0 Å². The molecule has 2 unspecified atom stereocenters. The highest BCUT2D eigenvalue weighted by Gasteiger charge is 2.26. The molecule has 1 aliphatic heterocycles. The van der Waals surface area contributed by atoms with Gasteiger partial charge in [0, 0.05) is 17.3 Å². The largest absolute Gasteiger partial charge is 0.325 e. The second-order valence-electron chi connectivity index (χ2n) is 5.76. The van der Waals surface area contributed by atoms with Crippen LogP contribution >= 0.6 is 11.3 Å². The predicted molar refractivity (Wildman–Crippen MR) is 93.6 cm³/mol. The molecule has 1 fully saturated rings. The zero-order valence-electron chi connectivity index (χ0n) is 13.0. The Kier molecular flexibility index (Phi) is 4.83. The highest BCUT2D eigenvalue weighted by atomic mass is 32.2. The molecule has 128 valence electrons. The van der Waals surface area contributed by atoms with Crippen LogP contribution in [0.4, 0.5) is 10.8 Å². The highest BCUT2D eigenvalue weighted by molar-refractivity contribution is 7.93. The Morgan fingerprint density at radius 3 is 2.67 bits per heavy atom. The van der Waals surface area contributed by atoms with Crippen molar-refractivity contribution in [1.82, 2.24) is 10.3 Å². The standard InChI is InChI=1S/C15H18N4O3S2/c1-10-8-13(17-9-10)14(20)18-11-2-4-12(5-3-11)24(21,22)19-15-16-6-7-23-15/h2-7,10,13,17H,8-9H2,1H3,(H,16,19)(H,18,20). The zero-order valence-corrected chi connectivity index (χ0v) is 14.7. The Balaban J connectivity index is 1.65. The summed E-state index contributed by atoms with van der Waals surface area (Å²) in [5.41, 5.74) is 0.564. The van der Waals surface area contributed by atoms with Crippen LogP contribution in [0.3, 0.4) is 0 Å². The fourth-order valence-electron chi connectivity index (χ4n) is 2.51. The average molecular weight is 366 g/mol. The van der Waals surface area contributed by atoms with Crippen molar-refractivity contribution in [2.24, 2.45) is 5.92 Å². The number of hydrogen-bond acceptors (Lipinski definition) is 6. The Morgan fingerprint density at radius 1 is 1.33 bits per heavy atom. The summed E-state index contributed by atoms with van der Waals surface area (Å²) in [6.07, 6.45) is 2.33. The van der Waals surface area contributed by atoms with E-state index < -0.39 is 10.0 Å². The van der Waals surface area contributed by atoms with Crippen molar-refractivity contribution in [2.45, 2.75) is 24.3 Å². The molecule has 0 spiro atoms. The summed E-state index contributed by atoms with van der Waals surface area (Å²) < 4.78 is 26.9. The molecule has 0 saturated carbocycles. The third-order valence-electron chi connectivity index (χ3n) is 3.75. The molecule has 3 N–H and O–H groups in total. The molecule has 9 heteroatoms. The van der Waals surface area contributed by atoms with Gasteiger partial charge in [0.15, 0.2) is 5.13 Å². The minimum absolute atomic E-state index is 0.101. The van der Waals surface area contributed by atoms with Crippen molar-refractivity contribution in [3.05, 3.63) is 35.8 Å². The van der Waals surface area contributed by atoms with Gasteiger partial charge < -0.3 is 10.6 Å². The molecular weight excluding hydrogens is 348 g/mol. The van der Waals surface area contributed by atoms with Crippen molar-refractivity contribution in [1.29, 1.82) is 0 Å². The molecule has 1 amide bonds. The molecule has 24 heavy (non-hydrogen) atoms. The Hall–Kier alpha value is -1.97. The molecule has 2 aromatic rings. The number of carbonyl (C=O) groups excluding carboxylic acids is 1. The van der Waals surface area contributed by atoms with E-state index in [9.17, 15) is 13.2 Å². The number of aromatic nitrogens is 1. The minimum atomic E-state index is -3.68. The van der Waals surface area contributed by atoms with Gasteiger partial charge >= 0.3 is 0 Å². The molecule has 0 bridgehead atoms. The number of nitrogens with one attached hydrogen (secondary N) is 3. The Morgan fingerprint density at radius 2 is 2.08 bits per heavy atom. The van der Waals surface area contributed by atoms with Gasteiger partial charge in [-0.3, -0.25) is 9.52 Å². The minimum Gasteiger partial charge on any atom is -0.325 e. The van der Waals surface area contributed by atoms with Crippen molar-refractivity contribution >= 4 is 38.1 Å². The maximum atomic E-state index is 12.2. The van der Waals surface area contributed by atoms with Gasteiger partial charge in [-0.2, -0.15) is 0 Å². The second-order valence-corrected chi connectivity index (χ2v) is 8.34. The first kappa shape index (κ1) is 16.9. The van der Waals surface area contributed by atoms with Gasteiger partial charge in [-0.25, -0.2) is 13.4 Å². The quantitative estimate of drug-likeness (QED) is 0.750. The lowest BCUT2D eigenvalue weighted by Crippen LogP contribution is -2.35. The van der Waals surface area contributed by atoms with Crippen LogP contribution in [-0.4, -0.2) is 31.9 Å². The van der Waals surface area contributed by atoms with Crippen LogP contribution in [0.1, 0.15) is 13.3 Å². The topological polar surface area (TPSA) is 100 Å². The molecule has 3 rings (SSSR count). The van der Waals surface area contributed by atoms with Crippen molar-refractivity contribution in [3.63, 3.8) is 0 Å². The van der Waals surface area contributed by atoms with Gasteiger partial charge in [-0.05, 0) is 43.1 Å². The molecule has 1 aromatic heterocycles. The third-order valence-corrected chi connectivity index (χ3v) is 5.93.